The highest BCUT2D eigenvalue weighted by molar-refractivity contribution is 5.83. The van der Waals surface area contributed by atoms with E-state index in [0.29, 0.717) is 5.56 Å². The molecule has 0 spiro atoms. The third kappa shape index (κ3) is 2.61. The Morgan fingerprint density at radius 1 is 1.35 bits per heavy atom. The zero-order valence-electron chi connectivity index (χ0n) is 9.27. The molecule has 1 amide bonds. The van der Waals surface area contributed by atoms with Crippen LogP contribution < -0.4 is 5.73 Å². The number of rotatable bonds is 2. The lowest BCUT2D eigenvalue weighted by Gasteiger charge is -2.20. The maximum absolute atomic E-state index is 13.0. The van der Waals surface area contributed by atoms with Crippen molar-refractivity contribution >= 4 is 5.91 Å². The quantitative estimate of drug-likeness (QED) is 0.852. The van der Waals surface area contributed by atoms with Gasteiger partial charge >= 0.3 is 0 Å². The van der Waals surface area contributed by atoms with E-state index in [2.05, 4.69) is 0 Å². The molecule has 1 aromatic carbocycles. The van der Waals surface area contributed by atoms with Gasteiger partial charge < -0.3 is 10.6 Å². The second-order valence-corrected chi connectivity index (χ2v) is 4.25. The summed E-state index contributed by atoms with van der Waals surface area (Å²) >= 11 is 0. The normalized spacial score (nSPS) is 20.3. The first-order chi connectivity index (χ1) is 7.99. The van der Waals surface area contributed by atoms with E-state index in [1.54, 1.807) is 24.3 Å². The number of nitrogens with two attached hydrogens (primary N) is 1. The van der Waals surface area contributed by atoms with Crippen LogP contribution in [0.4, 0.5) is 8.78 Å². The van der Waals surface area contributed by atoms with Crippen molar-refractivity contribution in [3.8, 4) is 0 Å². The summed E-state index contributed by atoms with van der Waals surface area (Å²) in [4.78, 5) is 13.0. The number of nitrogens with zero attached hydrogens (tertiary/aromatic N) is 1. The van der Waals surface area contributed by atoms with E-state index >= 15 is 0 Å². The maximum Gasteiger partial charge on any atom is 0.267 e. The third-order valence-corrected chi connectivity index (χ3v) is 2.91. The van der Waals surface area contributed by atoms with Gasteiger partial charge in [0.05, 0.1) is 6.54 Å². The molecule has 0 saturated carbocycles. The molecule has 1 atom stereocenters. The van der Waals surface area contributed by atoms with Gasteiger partial charge in [-0.2, -0.15) is 0 Å². The molecule has 1 fully saturated rings. The molecule has 2 N–H and O–H groups in total. The van der Waals surface area contributed by atoms with Crippen LogP contribution in [0.2, 0.25) is 0 Å². The Balaban J connectivity index is 2.06. The molecule has 92 valence electrons. The summed E-state index contributed by atoms with van der Waals surface area (Å²) in [5, 5.41) is 0. The van der Waals surface area contributed by atoms with Crippen LogP contribution in [0.5, 0.6) is 0 Å². The molecule has 0 aliphatic carbocycles. The zero-order valence-corrected chi connectivity index (χ0v) is 9.27. The average Bonchev–Trinajstić information content (AvgIpc) is 2.69. The molecular weight excluding hydrogens is 226 g/mol. The Morgan fingerprint density at radius 3 is 2.53 bits per heavy atom. The minimum absolute atomic E-state index is 0.0758. The number of amides is 1. The zero-order chi connectivity index (χ0) is 12.5. The Labute approximate surface area is 98.2 Å². The predicted octanol–water partition coefficient (Wildman–Crippen LogP) is 1.55. The standard InChI is InChI=1S/C12H14F2N2O/c13-12(14)6-7-16(8-12)11(17)10(15)9-4-2-1-3-5-9/h1-5,10H,6-8,15H2. The Hall–Kier alpha value is -1.49. The molecule has 2 rings (SSSR count). The first-order valence-electron chi connectivity index (χ1n) is 5.47. The fourth-order valence-electron chi connectivity index (χ4n) is 1.92. The summed E-state index contributed by atoms with van der Waals surface area (Å²) in [6.07, 6.45) is -0.278. The number of alkyl halides is 2. The summed E-state index contributed by atoms with van der Waals surface area (Å²) in [6.45, 7) is -0.446. The second kappa shape index (κ2) is 4.41. The summed E-state index contributed by atoms with van der Waals surface area (Å²) in [6, 6.07) is 7.92. The predicted molar refractivity (Wildman–Crippen MR) is 59.5 cm³/mol. The smallest absolute Gasteiger partial charge is 0.267 e. The van der Waals surface area contributed by atoms with Crippen molar-refractivity contribution in [2.75, 3.05) is 13.1 Å². The molecular formula is C12H14F2N2O. The summed E-state index contributed by atoms with van der Waals surface area (Å²) in [5.41, 5.74) is 6.42. The van der Waals surface area contributed by atoms with Crippen LogP contribution in [0, 0.1) is 0 Å². The number of halogens is 2. The van der Waals surface area contributed by atoms with Crippen LogP contribution in [-0.2, 0) is 4.79 Å². The van der Waals surface area contributed by atoms with Crippen molar-refractivity contribution in [1.82, 2.24) is 4.90 Å². The van der Waals surface area contributed by atoms with Gasteiger partial charge in [0.25, 0.3) is 5.92 Å². The fraction of sp³-hybridized carbons (Fsp3) is 0.417. The SMILES string of the molecule is NC(C(=O)N1CCC(F)(F)C1)c1ccccc1. The van der Waals surface area contributed by atoms with E-state index < -0.39 is 24.4 Å². The van der Waals surface area contributed by atoms with Crippen LogP contribution in [-0.4, -0.2) is 29.8 Å². The number of carbonyl (C=O) groups is 1. The van der Waals surface area contributed by atoms with Crippen LogP contribution in [0.3, 0.4) is 0 Å². The van der Waals surface area contributed by atoms with Crippen LogP contribution in [0.15, 0.2) is 30.3 Å². The monoisotopic (exact) mass is 240 g/mol. The van der Waals surface area contributed by atoms with Crippen molar-refractivity contribution in [3.05, 3.63) is 35.9 Å². The molecule has 1 aliphatic rings. The van der Waals surface area contributed by atoms with Gasteiger partial charge in [-0.1, -0.05) is 30.3 Å². The number of carbonyl (C=O) groups excluding carboxylic acids is 1. The van der Waals surface area contributed by atoms with Crippen molar-refractivity contribution in [1.29, 1.82) is 0 Å². The van der Waals surface area contributed by atoms with E-state index in [0.717, 1.165) is 4.90 Å². The summed E-state index contributed by atoms with van der Waals surface area (Å²) < 4.78 is 26.0. The highest BCUT2D eigenvalue weighted by Crippen LogP contribution is 2.28. The van der Waals surface area contributed by atoms with E-state index in [9.17, 15) is 13.6 Å². The molecule has 1 unspecified atom stereocenters. The lowest BCUT2D eigenvalue weighted by atomic mass is 10.1. The Kier molecular flexibility index (Phi) is 3.11. The highest BCUT2D eigenvalue weighted by atomic mass is 19.3. The minimum Gasteiger partial charge on any atom is -0.335 e. The largest absolute Gasteiger partial charge is 0.335 e. The molecule has 0 bridgehead atoms. The molecule has 1 aliphatic heterocycles. The molecule has 0 aromatic heterocycles. The highest BCUT2D eigenvalue weighted by Gasteiger charge is 2.41. The Bertz CT molecular complexity index is 408. The maximum atomic E-state index is 13.0. The van der Waals surface area contributed by atoms with Crippen LogP contribution in [0.1, 0.15) is 18.0 Å². The van der Waals surface area contributed by atoms with Gasteiger partial charge in [0.2, 0.25) is 5.91 Å². The molecule has 1 aromatic rings. The van der Waals surface area contributed by atoms with Gasteiger partial charge in [-0.05, 0) is 5.56 Å². The molecule has 1 heterocycles. The molecule has 0 radical (unpaired) electrons. The molecule has 5 heteroatoms. The number of likely N-dealkylation sites (tertiary alicyclic amines) is 1. The van der Waals surface area contributed by atoms with Crippen molar-refractivity contribution < 1.29 is 13.6 Å². The minimum atomic E-state index is -2.77. The summed E-state index contributed by atoms with van der Waals surface area (Å²) in [7, 11) is 0. The summed E-state index contributed by atoms with van der Waals surface area (Å²) in [5.74, 6) is -3.21. The lowest BCUT2D eigenvalue weighted by Crippen LogP contribution is -2.38. The number of hydrogen-bond donors (Lipinski definition) is 1. The van der Waals surface area contributed by atoms with Gasteiger partial charge in [-0.15, -0.1) is 0 Å². The van der Waals surface area contributed by atoms with Crippen molar-refractivity contribution in [2.45, 2.75) is 18.4 Å². The van der Waals surface area contributed by atoms with Gasteiger partial charge in [-0.3, -0.25) is 4.79 Å². The van der Waals surface area contributed by atoms with Gasteiger partial charge in [0, 0.05) is 13.0 Å². The molecule has 3 nitrogen and oxygen atoms in total. The van der Waals surface area contributed by atoms with Crippen LogP contribution in [0.25, 0.3) is 0 Å². The number of hydrogen-bond acceptors (Lipinski definition) is 2. The van der Waals surface area contributed by atoms with Crippen molar-refractivity contribution in [2.24, 2.45) is 5.73 Å². The van der Waals surface area contributed by atoms with E-state index in [1.165, 1.54) is 0 Å². The van der Waals surface area contributed by atoms with Crippen molar-refractivity contribution in [3.63, 3.8) is 0 Å². The topological polar surface area (TPSA) is 46.3 Å². The fourth-order valence-corrected chi connectivity index (χ4v) is 1.92. The number of benzene rings is 1. The Morgan fingerprint density at radius 2 is 2.00 bits per heavy atom. The van der Waals surface area contributed by atoms with Gasteiger partial charge in [0.1, 0.15) is 6.04 Å². The third-order valence-electron chi connectivity index (χ3n) is 2.91. The second-order valence-electron chi connectivity index (χ2n) is 4.25. The van der Waals surface area contributed by atoms with Gasteiger partial charge in [0.15, 0.2) is 0 Å². The lowest BCUT2D eigenvalue weighted by molar-refractivity contribution is -0.133. The first kappa shape index (κ1) is 12.0. The van der Waals surface area contributed by atoms with E-state index in [4.69, 9.17) is 5.73 Å². The molecule has 1 saturated heterocycles. The molecule has 17 heavy (non-hydrogen) atoms. The van der Waals surface area contributed by atoms with Crippen LogP contribution >= 0.6 is 0 Å². The van der Waals surface area contributed by atoms with E-state index in [-0.39, 0.29) is 13.0 Å². The first-order valence-corrected chi connectivity index (χ1v) is 5.47. The van der Waals surface area contributed by atoms with E-state index in [1.807, 2.05) is 6.07 Å². The van der Waals surface area contributed by atoms with Gasteiger partial charge in [-0.25, -0.2) is 8.78 Å². The average molecular weight is 240 g/mol.